The number of hydrogen-bond donors (Lipinski definition) is 1. The minimum absolute atomic E-state index is 0. The number of rotatable bonds is 4. The number of likely N-dealkylation sites (N-methyl/N-ethyl adjacent to an activating group) is 1. The molecule has 0 aliphatic rings. The number of benzene rings is 1. The Morgan fingerprint density at radius 3 is 2.38 bits per heavy atom. The van der Waals surface area contributed by atoms with E-state index in [1.807, 2.05) is 32.3 Å². The first-order valence-corrected chi connectivity index (χ1v) is 5.59. The Labute approximate surface area is 113 Å². The molecule has 0 unspecified atom stereocenters. The number of halogens is 3. The van der Waals surface area contributed by atoms with Crippen molar-refractivity contribution in [3.05, 3.63) is 33.8 Å². The Bertz CT molecular complexity index is 329. The molecule has 0 aliphatic heterocycles. The SMILES string of the molecule is CN(C)C[C@H](N)Cc1ccc(Cl)c(Cl)c1.Cl. The third kappa shape index (κ3) is 5.37. The van der Waals surface area contributed by atoms with Crippen LogP contribution in [-0.2, 0) is 6.42 Å². The van der Waals surface area contributed by atoms with Gasteiger partial charge in [-0.2, -0.15) is 0 Å². The van der Waals surface area contributed by atoms with Crippen LogP contribution in [0.3, 0.4) is 0 Å². The van der Waals surface area contributed by atoms with E-state index in [1.54, 1.807) is 0 Å². The molecule has 0 amide bonds. The first-order valence-electron chi connectivity index (χ1n) is 4.83. The zero-order valence-corrected chi connectivity index (χ0v) is 11.7. The van der Waals surface area contributed by atoms with Crippen molar-refractivity contribution in [3.8, 4) is 0 Å². The summed E-state index contributed by atoms with van der Waals surface area (Å²) in [6.07, 6.45) is 0.815. The summed E-state index contributed by atoms with van der Waals surface area (Å²) in [4.78, 5) is 2.07. The van der Waals surface area contributed by atoms with Gasteiger partial charge < -0.3 is 10.6 Å². The third-order valence-electron chi connectivity index (χ3n) is 2.08. The van der Waals surface area contributed by atoms with Gasteiger partial charge in [0.1, 0.15) is 0 Å². The topological polar surface area (TPSA) is 29.3 Å². The first kappa shape index (κ1) is 16.0. The Morgan fingerprint density at radius 2 is 1.88 bits per heavy atom. The predicted octanol–water partition coefficient (Wildman–Crippen LogP) is 2.85. The van der Waals surface area contributed by atoms with E-state index in [1.165, 1.54) is 0 Å². The van der Waals surface area contributed by atoms with Gasteiger partial charge in [0.05, 0.1) is 10.0 Å². The molecule has 5 heteroatoms. The lowest BCUT2D eigenvalue weighted by Crippen LogP contribution is -2.34. The standard InChI is InChI=1S/C11H16Cl2N2.ClH/c1-15(2)7-9(14)5-8-3-4-10(12)11(13)6-8;/h3-4,6,9H,5,7,14H2,1-2H3;1H/t9-;/m1./s1. The molecule has 1 aromatic carbocycles. The fourth-order valence-corrected chi connectivity index (χ4v) is 1.82. The van der Waals surface area contributed by atoms with Crippen molar-refractivity contribution in [3.63, 3.8) is 0 Å². The highest BCUT2D eigenvalue weighted by Crippen LogP contribution is 2.22. The molecule has 1 atom stereocenters. The average Bonchev–Trinajstić information content (AvgIpc) is 2.10. The Balaban J connectivity index is 0.00000225. The molecular weight excluding hydrogens is 266 g/mol. The molecule has 2 N–H and O–H groups in total. The molecule has 0 spiro atoms. The van der Waals surface area contributed by atoms with Crippen LogP contribution in [0.2, 0.25) is 10.0 Å². The van der Waals surface area contributed by atoms with Crippen molar-refractivity contribution in [1.29, 1.82) is 0 Å². The summed E-state index contributed by atoms with van der Waals surface area (Å²) < 4.78 is 0. The van der Waals surface area contributed by atoms with E-state index >= 15 is 0 Å². The second-order valence-electron chi connectivity index (χ2n) is 3.97. The van der Waals surface area contributed by atoms with Crippen LogP contribution in [0.25, 0.3) is 0 Å². The van der Waals surface area contributed by atoms with Gasteiger partial charge in [-0.25, -0.2) is 0 Å². The molecular formula is C11H17Cl3N2. The maximum Gasteiger partial charge on any atom is 0.0595 e. The Morgan fingerprint density at radius 1 is 1.25 bits per heavy atom. The molecule has 0 aromatic heterocycles. The van der Waals surface area contributed by atoms with Gasteiger partial charge in [-0.1, -0.05) is 29.3 Å². The van der Waals surface area contributed by atoms with E-state index in [-0.39, 0.29) is 18.4 Å². The van der Waals surface area contributed by atoms with Gasteiger partial charge in [0.15, 0.2) is 0 Å². The molecule has 0 saturated heterocycles. The van der Waals surface area contributed by atoms with Crippen molar-refractivity contribution in [2.24, 2.45) is 5.73 Å². The van der Waals surface area contributed by atoms with E-state index in [4.69, 9.17) is 28.9 Å². The molecule has 1 rings (SSSR count). The maximum absolute atomic E-state index is 5.98. The van der Waals surface area contributed by atoms with Crippen LogP contribution in [0.4, 0.5) is 0 Å². The van der Waals surface area contributed by atoms with Crippen molar-refractivity contribution >= 4 is 35.6 Å². The van der Waals surface area contributed by atoms with Gasteiger partial charge in [-0.15, -0.1) is 12.4 Å². The van der Waals surface area contributed by atoms with E-state index in [0.29, 0.717) is 10.0 Å². The molecule has 92 valence electrons. The van der Waals surface area contributed by atoms with Gasteiger partial charge in [-0.05, 0) is 38.2 Å². The van der Waals surface area contributed by atoms with E-state index in [2.05, 4.69) is 4.90 Å². The predicted molar refractivity (Wildman–Crippen MR) is 73.9 cm³/mol. The minimum atomic E-state index is 0. The number of nitrogens with zero attached hydrogens (tertiary/aromatic N) is 1. The van der Waals surface area contributed by atoms with Gasteiger partial charge in [-0.3, -0.25) is 0 Å². The lowest BCUT2D eigenvalue weighted by atomic mass is 10.1. The van der Waals surface area contributed by atoms with Gasteiger partial charge in [0.2, 0.25) is 0 Å². The zero-order valence-electron chi connectivity index (χ0n) is 9.41. The zero-order chi connectivity index (χ0) is 11.4. The van der Waals surface area contributed by atoms with Crippen molar-refractivity contribution in [1.82, 2.24) is 4.90 Å². The van der Waals surface area contributed by atoms with Crippen LogP contribution in [0.15, 0.2) is 18.2 Å². The summed E-state index contributed by atoms with van der Waals surface area (Å²) in [5, 5.41) is 1.17. The van der Waals surface area contributed by atoms with Gasteiger partial charge in [0, 0.05) is 12.6 Å². The van der Waals surface area contributed by atoms with Crippen LogP contribution in [0.5, 0.6) is 0 Å². The monoisotopic (exact) mass is 282 g/mol. The molecule has 16 heavy (non-hydrogen) atoms. The quantitative estimate of drug-likeness (QED) is 0.921. The van der Waals surface area contributed by atoms with Gasteiger partial charge >= 0.3 is 0 Å². The second-order valence-corrected chi connectivity index (χ2v) is 4.79. The average molecular weight is 284 g/mol. The first-order chi connectivity index (χ1) is 6.99. The molecule has 0 radical (unpaired) electrons. The van der Waals surface area contributed by atoms with E-state index < -0.39 is 0 Å². The smallest absolute Gasteiger partial charge is 0.0595 e. The van der Waals surface area contributed by atoms with Crippen LogP contribution < -0.4 is 5.73 Å². The molecule has 0 saturated carbocycles. The Hall–Kier alpha value is 0.01000. The van der Waals surface area contributed by atoms with Crippen molar-refractivity contribution in [2.75, 3.05) is 20.6 Å². The molecule has 1 aromatic rings. The lowest BCUT2D eigenvalue weighted by Gasteiger charge is -2.16. The molecule has 0 bridgehead atoms. The molecule has 2 nitrogen and oxygen atoms in total. The fraction of sp³-hybridized carbons (Fsp3) is 0.455. The highest BCUT2D eigenvalue weighted by Gasteiger charge is 2.06. The minimum Gasteiger partial charge on any atom is -0.326 e. The Kier molecular flexibility index (Phi) is 7.36. The molecule has 0 aliphatic carbocycles. The summed E-state index contributed by atoms with van der Waals surface area (Å²) in [6.45, 7) is 0.861. The summed E-state index contributed by atoms with van der Waals surface area (Å²) >= 11 is 11.7. The third-order valence-corrected chi connectivity index (χ3v) is 2.82. The summed E-state index contributed by atoms with van der Waals surface area (Å²) in [5.41, 5.74) is 7.10. The van der Waals surface area contributed by atoms with E-state index in [9.17, 15) is 0 Å². The largest absolute Gasteiger partial charge is 0.326 e. The summed E-state index contributed by atoms with van der Waals surface area (Å²) in [5.74, 6) is 0. The maximum atomic E-state index is 5.98. The van der Waals surface area contributed by atoms with Crippen molar-refractivity contribution in [2.45, 2.75) is 12.5 Å². The number of hydrogen-bond acceptors (Lipinski definition) is 2. The summed E-state index contributed by atoms with van der Waals surface area (Å²) in [7, 11) is 4.02. The van der Waals surface area contributed by atoms with Crippen LogP contribution in [-0.4, -0.2) is 31.6 Å². The lowest BCUT2D eigenvalue weighted by molar-refractivity contribution is 0.371. The van der Waals surface area contributed by atoms with E-state index in [0.717, 1.165) is 18.5 Å². The van der Waals surface area contributed by atoms with Gasteiger partial charge in [0.25, 0.3) is 0 Å². The number of nitrogens with two attached hydrogens (primary N) is 1. The molecule has 0 fully saturated rings. The normalized spacial score (nSPS) is 12.4. The second kappa shape index (κ2) is 7.36. The molecule has 0 heterocycles. The highest BCUT2D eigenvalue weighted by molar-refractivity contribution is 6.42. The van der Waals surface area contributed by atoms with Crippen LogP contribution in [0, 0.1) is 0 Å². The van der Waals surface area contributed by atoms with Crippen LogP contribution >= 0.6 is 35.6 Å². The van der Waals surface area contributed by atoms with Crippen molar-refractivity contribution < 1.29 is 0 Å². The fourth-order valence-electron chi connectivity index (χ4n) is 1.50. The highest BCUT2D eigenvalue weighted by atomic mass is 35.5. The summed E-state index contributed by atoms with van der Waals surface area (Å²) in [6, 6.07) is 5.77. The van der Waals surface area contributed by atoms with Crippen LogP contribution in [0.1, 0.15) is 5.56 Å².